The van der Waals surface area contributed by atoms with Gasteiger partial charge >= 0.3 is 0 Å². The van der Waals surface area contributed by atoms with Crippen LogP contribution >= 0.6 is 0 Å². The molecule has 98 valence electrons. The summed E-state index contributed by atoms with van der Waals surface area (Å²) < 4.78 is 0. The summed E-state index contributed by atoms with van der Waals surface area (Å²) in [6.07, 6.45) is 3.81. The number of nitrogens with zero attached hydrogens (tertiary/aromatic N) is 1. The van der Waals surface area contributed by atoms with E-state index in [1.54, 1.807) is 11.1 Å². The lowest BCUT2D eigenvalue weighted by Crippen LogP contribution is -2.44. The molecule has 1 fully saturated rings. The summed E-state index contributed by atoms with van der Waals surface area (Å²) in [5.74, 6) is 0.772. The predicted molar refractivity (Wildman–Crippen MR) is 75.9 cm³/mol. The molecule has 0 spiro atoms. The van der Waals surface area contributed by atoms with Crippen molar-refractivity contribution < 1.29 is 0 Å². The number of benzene rings is 1. The molecule has 1 heterocycles. The van der Waals surface area contributed by atoms with Gasteiger partial charge in [0.2, 0.25) is 0 Å². The minimum atomic E-state index is 0.753. The van der Waals surface area contributed by atoms with E-state index in [4.69, 9.17) is 0 Å². The highest BCUT2D eigenvalue weighted by atomic mass is 15.2. The summed E-state index contributed by atoms with van der Waals surface area (Å²) in [5, 5.41) is 3.54. The van der Waals surface area contributed by atoms with Crippen LogP contribution in [0, 0.1) is 5.92 Å². The predicted octanol–water partition coefficient (Wildman–Crippen LogP) is 2.09. The van der Waals surface area contributed by atoms with Gasteiger partial charge in [-0.15, -0.1) is 0 Å². The van der Waals surface area contributed by atoms with Gasteiger partial charge in [0, 0.05) is 12.6 Å². The Hall–Kier alpha value is -0.860. The molecule has 1 aromatic carbocycles. The van der Waals surface area contributed by atoms with Gasteiger partial charge in [0.05, 0.1) is 0 Å². The lowest BCUT2D eigenvalue weighted by molar-refractivity contribution is 0.161. The molecule has 0 aromatic heterocycles. The number of rotatable bonds is 1. The van der Waals surface area contributed by atoms with E-state index >= 15 is 0 Å². The molecule has 1 atom stereocenters. The fraction of sp³-hybridized carbons (Fsp3) is 0.625. The Balaban J connectivity index is 1.68. The summed E-state index contributed by atoms with van der Waals surface area (Å²) in [4.78, 5) is 2.74. The lowest BCUT2D eigenvalue weighted by Gasteiger charge is -2.33. The molecule has 1 aromatic rings. The Morgan fingerprint density at radius 3 is 2.61 bits per heavy atom. The van der Waals surface area contributed by atoms with Gasteiger partial charge in [-0.3, -0.25) is 4.90 Å². The highest BCUT2D eigenvalue weighted by molar-refractivity contribution is 5.33. The van der Waals surface area contributed by atoms with E-state index in [0.29, 0.717) is 0 Å². The zero-order valence-corrected chi connectivity index (χ0v) is 11.4. The molecule has 18 heavy (non-hydrogen) atoms. The van der Waals surface area contributed by atoms with Gasteiger partial charge in [-0.25, -0.2) is 0 Å². The summed E-state index contributed by atoms with van der Waals surface area (Å²) in [6, 6.07) is 9.74. The largest absolute Gasteiger partial charge is 0.316 e. The van der Waals surface area contributed by atoms with Crippen molar-refractivity contribution in [3.63, 3.8) is 0 Å². The van der Waals surface area contributed by atoms with Crippen LogP contribution in [0.25, 0.3) is 0 Å². The van der Waals surface area contributed by atoms with Crippen LogP contribution in [0.2, 0.25) is 0 Å². The molecule has 1 unspecified atom stereocenters. The van der Waals surface area contributed by atoms with Gasteiger partial charge in [0.1, 0.15) is 0 Å². The summed E-state index contributed by atoms with van der Waals surface area (Å²) in [6.45, 7) is 7.24. The Bertz CT molecular complexity index is 377. The first-order valence-electron chi connectivity index (χ1n) is 7.34. The monoisotopic (exact) mass is 244 g/mol. The van der Waals surface area contributed by atoms with E-state index in [-0.39, 0.29) is 0 Å². The lowest BCUT2D eigenvalue weighted by atomic mass is 10.1. The van der Waals surface area contributed by atoms with Crippen molar-refractivity contribution in [1.29, 1.82) is 0 Å². The van der Waals surface area contributed by atoms with Crippen molar-refractivity contribution in [3.05, 3.63) is 35.4 Å². The van der Waals surface area contributed by atoms with Gasteiger partial charge < -0.3 is 5.32 Å². The van der Waals surface area contributed by atoms with Crippen LogP contribution in [-0.4, -0.2) is 37.1 Å². The van der Waals surface area contributed by atoms with Crippen LogP contribution < -0.4 is 5.32 Å². The number of hydrogen-bond donors (Lipinski definition) is 1. The Labute approximate surface area is 110 Å². The smallest absolute Gasteiger partial charge is 0.0176 e. The standard InChI is InChI=1S/C16H24N2/c1-13-11-17-7-4-8-18(12-13)16-9-14-5-2-3-6-15(14)10-16/h2-3,5-6,13,16-17H,4,7-12H2,1H3. The molecule has 0 amide bonds. The van der Waals surface area contributed by atoms with E-state index in [1.165, 1.54) is 45.4 Å². The third-order valence-corrected chi connectivity index (χ3v) is 4.38. The van der Waals surface area contributed by atoms with Gasteiger partial charge in [0.15, 0.2) is 0 Å². The number of hydrogen-bond acceptors (Lipinski definition) is 2. The van der Waals surface area contributed by atoms with E-state index in [0.717, 1.165) is 12.0 Å². The van der Waals surface area contributed by atoms with E-state index in [2.05, 4.69) is 41.4 Å². The molecule has 0 radical (unpaired) electrons. The number of fused-ring (bicyclic) bond motifs is 1. The van der Waals surface area contributed by atoms with Gasteiger partial charge in [-0.1, -0.05) is 31.2 Å². The van der Waals surface area contributed by atoms with E-state index < -0.39 is 0 Å². The molecule has 2 nitrogen and oxygen atoms in total. The molecule has 1 saturated heterocycles. The van der Waals surface area contributed by atoms with Crippen molar-refractivity contribution in [2.45, 2.75) is 32.2 Å². The fourth-order valence-electron chi connectivity index (χ4n) is 3.44. The van der Waals surface area contributed by atoms with Gasteiger partial charge in [0.25, 0.3) is 0 Å². The van der Waals surface area contributed by atoms with Crippen molar-refractivity contribution in [3.8, 4) is 0 Å². The Kier molecular flexibility index (Phi) is 3.67. The highest BCUT2D eigenvalue weighted by Crippen LogP contribution is 2.26. The molecular weight excluding hydrogens is 220 g/mol. The summed E-state index contributed by atoms with van der Waals surface area (Å²) in [5.41, 5.74) is 3.16. The van der Waals surface area contributed by atoms with Crippen molar-refractivity contribution in [2.75, 3.05) is 26.2 Å². The maximum Gasteiger partial charge on any atom is 0.0176 e. The molecule has 0 bridgehead atoms. The Morgan fingerprint density at radius 2 is 1.89 bits per heavy atom. The zero-order chi connectivity index (χ0) is 12.4. The van der Waals surface area contributed by atoms with Crippen molar-refractivity contribution >= 4 is 0 Å². The summed E-state index contributed by atoms with van der Waals surface area (Å²) >= 11 is 0. The maximum absolute atomic E-state index is 3.54. The van der Waals surface area contributed by atoms with E-state index in [9.17, 15) is 0 Å². The molecule has 1 aliphatic heterocycles. The van der Waals surface area contributed by atoms with Gasteiger partial charge in [-0.05, 0) is 55.9 Å². The van der Waals surface area contributed by atoms with Gasteiger partial charge in [-0.2, -0.15) is 0 Å². The highest BCUT2D eigenvalue weighted by Gasteiger charge is 2.27. The van der Waals surface area contributed by atoms with Crippen LogP contribution in [-0.2, 0) is 12.8 Å². The molecule has 0 saturated carbocycles. The first kappa shape index (κ1) is 12.2. The second-order valence-electron chi connectivity index (χ2n) is 5.99. The second-order valence-corrected chi connectivity index (χ2v) is 5.99. The molecule has 3 rings (SSSR count). The second kappa shape index (κ2) is 5.41. The molecule has 1 N–H and O–H groups in total. The van der Waals surface area contributed by atoms with Crippen molar-refractivity contribution in [2.24, 2.45) is 5.92 Å². The van der Waals surface area contributed by atoms with Crippen LogP contribution in [0.4, 0.5) is 0 Å². The SMILES string of the molecule is CC1CNCCCN(C2Cc3ccccc3C2)C1. The quantitative estimate of drug-likeness (QED) is 0.814. The number of nitrogens with one attached hydrogen (secondary N) is 1. The first-order valence-corrected chi connectivity index (χ1v) is 7.34. The van der Waals surface area contributed by atoms with Crippen LogP contribution in [0.3, 0.4) is 0 Å². The zero-order valence-electron chi connectivity index (χ0n) is 11.4. The van der Waals surface area contributed by atoms with Crippen LogP contribution in [0.1, 0.15) is 24.5 Å². The molecule has 1 aliphatic carbocycles. The average Bonchev–Trinajstić information content (AvgIpc) is 2.77. The minimum Gasteiger partial charge on any atom is -0.316 e. The first-order chi connectivity index (χ1) is 8.83. The van der Waals surface area contributed by atoms with Crippen LogP contribution in [0.5, 0.6) is 0 Å². The molecular formula is C16H24N2. The minimum absolute atomic E-state index is 0.753. The van der Waals surface area contributed by atoms with Crippen LogP contribution in [0.15, 0.2) is 24.3 Å². The Morgan fingerprint density at radius 1 is 1.17 bits per heavy atom. The fourth-order valence-corrected chi connectivity index (χ4v) is 3.44. The van der Waals surface area contributed by atoms with Crippen molar-refractivity contribution in [1.82, 2.24) is 10.2 Å². The summed E-state index contributed by atoms with van der Waals surface area (Å²) in [7, 11) is 0. The average molecular weight is 244 g/mol. The third-order valence-electron chi connectivity index (χ3n) is 4.38. The topological polar surface area (TPSA) is 15.3 Å². The molecule has 2 aliphatic rings. The normalized spacial score (nSPS) is 26.6. The molecule has 2 heteroatoms. The maximum atomic E-state index is 3.54. The third kappa shape index (κ3) is 2.60. The van der Waals surface area contributed by atoms with E-state index in [1.807, 2.05) is 0 Å².